The van der Waals surface area contributed by atoms with Crippen molar-refractivity contribution in [3.05, 3.63) is 298 Å². The minimum absolute atomic E-state index is 0.204. The number of fused-ring (bicyclic) bond motifs is 5. The van der Waals surface area contributed by atoms with Crippen molar-refractivity contribution in [3.63, 3.8) is 0 Å². The second kappa shape index (κ2) is 30.6. The molecule has 5 heterocycles. The van der Waals surface area contributed by atoms with Crippen molar-refractivity contribution in [2.24, 2.45) is 35.2 Å². The number of aromatic nitrogens is 10. The van der Waals surface area contributed by atoms with Crippen molar-refractivity contribution in [2.75, 3.05) is 0 Å². The van der Waals surface area contributed by atoms with Crippen LogP contribution in [0.5, 0.6) is 0 Å². The average Bonchev–Trinajstić information content (AvgIpc) is 0.799. The van der Waals surface area contributed by atoms with Gasteiger partial charge in [-0.2, -0.15) is 0 Å². The minimum atomic E-state index is -0.205. The molecule has 15 heteroatoms. The van der Waals surface area contributed by atoms with Crippen LogP contribution < -0.4 is 22.8 Å². The van der Waals surface area contributed by atoms with E-state index in [0.29, 0.717) is 5.92 Å². The highest BCUT2D eigenvalue weighted by atomic mass is 19.1. The maximum absolute atomic E-state index is 13.4. The van der Waals surface area contributed by atoms with Gasteiger partial charge in [-0.1, -0.05) is 67.9 Å². The van der Waals surface area contributed by atoms with Crippen molar-refractivity contribution >= 4 is 54.5 Å². The van der Waals surface area contributed by atoms with Crippen LogP contribution in [0.15, 0.2) is 213 Å². The zero-order valence-electron chi connectivity index (χ0n) is 60.6. The number of hydrogen-bond donors (Lipinski definition) is 0. The molecule has 0 saturated carbocycles. The largest absolute Gasteiger partial charge is 0.296 e. The number of aryl methyl sites for hydroxylation is 13. The lowest BCUT2D eigenvalue weighted by molar-refractivity contribution is -0.668. The average molecular weight is 1360 g/mol. The Bertz CT molecular complexity index is 5650. The molecule has 0 spiro atoms. The van der Waals surface area contributed by atoms with Crippen LogP contribution >= 0.6 is 0 Å². The van der Waals surface area contributed by atoms with E-state index in [1.807, 2.05) is 168 Å². The summed E-state index contributed by atoms with van der Waals surface area (Å²) < 4.78 is 76.7. The Morgan fingerprint density at radius 2 is 0.667 bits per heavy atom. The summed E-state index contributed by atoms with van der Waals surface area (Å²) in [5.41, 5.74) is 24.8. The standard InChI is InChI=1S/C19H20FN2.4C17H16FN2/c1-12(2)15-6-5-7-17-18(15)21-11-22(4)19(17)16-9-8-14(20)10-13(16)3;1-11-4-7-16-15(8-11)17(20(3)10-19-16)14-6-5-13(18)9-12(14)2;1-11-4-6-15-16(8-11)19-10-20(3)17(15)14-7-5-13(18)9-12(14)2;1-11-5-4-6-15-16(11)19-10-20(3)17(15)14-8-7-13(18)9-12(14)2;1-11-10-13(18)8-9-14(11)17-15-6-4-5-7-16(15)19-12(2)20(17)3/h5-12H,1-4H3;4*4-10H,1-3H3/q5*+1. The predicted octanol–water partition coefficient (Wildman–Crippen LogP) is 18.2. The van der Waals surface area contributed by atoms with E-state index in [2.05, 4.69) is 131 Å². The number of nitrogens with zero attached hydrogens (tertiary/aromatic N) is 10. The first-order valence-corrected chi connectivity index (χ1v) is 33.9. The molecule has 0 fully saturated rings. The van der Waals surface area contributed by atoms with Crippen molar-refractivity contribution < 1.29 is 44.8 Å². The van der Waals surface area contributed by atoms with E-state index >= 15 is 0 Å². The molecule has 0 aliphatic heterocycles. The maximum Gasteiger partial charge on any atom is 0.296 e. The first-order chi connectivity index (χ1) is 48.8. The zero-order chi connectivity index (χ0) is 73.0. The Morgan fingerprint density at radius 3 is 1.15 bits per heavy atom. The van der Waals surface area contributed by atoms with Crippen LogP contribution in [-0.2, 0) is 35.2 Å². The molecule has 10 aromatic carbocycles. The molecule has 0 atom stereocenters. The van der Waals surface area contributed by atoms with Gasteiger partial charge in [0.1, 0.15) is 57.6 Å². The van der Waals surface area contributed by atoms with Gasteiger partial charge in [0, 0.05) is 45.9 Å². The third kappa shape index (κ3) is 15.3. The van der Waals surface area contributed by atoms with E-state index in [0.717, 1.165) is 150 Å². The van der Waals surface area contributed by atoms with E-state index in [-0.39, 0.29) is 29.1 Å². The first kappa shape index (κ1) is 71.8. The normalized spacial score (nSPS) is 11.1. The van der Waals surface area contributed by atoms with Gasteiger partial charge in [-0.05, 0) is 259 Å². The van der Waals surface area contributed by atoms with Gasteiger partial charge in [0.15, 0.2) is 27.6 Å². The fourth-order valence-corrected chi connectivity index (χ4v) is 13.4. The molecule has 0 radical (unpaired) electrons. The summed E-state index contributed by atoms with van der Waals surface area (Å²) >= 11 is 0. The lowest BCUT2D eigenvalue weighted by Gasteiger charge is -2.11. The van der Waals surface area contributed by atoms with E-state index in [1.54, 1.807) is 43.0 Å². The summed E-state index contributed by atoms with van der Waals surface area (Å²) in [5.74, 6) is 0.317. The second-order valence-corrected chi connectivity index (χ2v) is 26.6. The van der Waals surface area contributed by atoms with Gasteiger partial charge >= 0.3 is 0 Å². The van der Waals surface area contributed by atoms with Crippen LogP contribution in [0.25, 0.3) is 111 Å². The maximum atomic E-state index is 13.4. The molecule has 0 amide bonds. The molecule has 0 bridgehead atoms. The number of para-hydroxylation sites is 3. The number of benzene rings is 10. The molecule has 0 aliphatic rings. The van der Waals surface area contributed by atoms with Crippen LogP contribution in [0.3, 0.4) is 0 Å². The van der Waals surface area contributed by atoms with Gasteiger partial charge in [-0.15, -0.1) is 0 Å². The topological polar surface area (TPSA) is 83.9 Å². The van der Waals surface area contributed by atoms with Crippen molar-refractivity contribution in [1.29, 1.82) is 0 Å². The van der Waals surface area contributed by atoms with Gasteiger partial charge in [-0.3, -0.25) is 0 Å². The number of hydrogen-bond acceptors (Lipinski definition) is 5. The van der Waals surface area contributed by atoms with Gasteiger partial charge in [-0.25, -0.2) is 44.8 Å². The smallest absolute Gasteiger partial charge is 0.232 e. The summed E-state index contributed by atoms with van der Waals surface area (Å²) in [6, 6.07) is 57.5. The molecule has 10 nitrogen and oxygen atoms in total. The van der Waals surface area contributed by atoms with Crippen LogP contribution in [0.1, 0.15) is 75.7 Å². The number of rotatable bonds is 6. The van der Waals surface area contributed by atoms with E-state index in [4.69, 9.17) is 0 Å². The summed E-state index contributed by atoms with van der Waals surface area (Å²) in [4.78, 5) is 22.6. The lowest BCUT2D eigenvalue weighted by atomic mass is 9.96. The molecule has 0 N–H and O–H groups in total. The van der Waals surface area contributed by atoms with Crippen molar-refractivity contribution in [1.82, 2.24) is 24.9 Å². The Hall–Kier alpha value is -11.5. The van der Waals surface area contributed by atoms with Crippen molar-refractivity contribution in [3.8, 4) is 56.3 Å². The van der Waals surface area contributed by atoms with Crippen LogP contribution in [0.2, 0.25) is 0 Å². The third-order valence-corrected chi connectivity index (χ3v) is 18.6. The SMILES string of the molecule is Cc1cc(F)ccc1-c1c2cccc(C(C)C)c2nc[n+]1C.Cc1cc(F)ccc1-c1c2cccc(C)c2nc[n+]1C.Cc1cc(F)ccc1-c1c2ccccc2nc(C)[n+]1C.Cc1ccc2c(-c3ccc(F)cc3C)[n+](C)cnc2c1.Cc1ccc2nc[n+](C)c(-c3ccc(F)cc3C)c2c1. The van der Waals surface area contributed by atoms with Gasteiger partial charge in [0.25, 0.3) is 31.1 Å². The Morgan fingerprint density at radius 1 is 0.294 bits per heavy atom. The fourth-order valence-electron chi connectivity index (χ4n) is 13.4. The highest BCUT2D eigenvalue weighted by Crippen LogP contribution is 2.35. The molecule has 102 heavy (non-hydrogen) atoms. The predicted molar refractivity (Wildman–Crippen MR) is 398 cm³/mol. The summed E-state index contributed by atoms with van der Waals surface area (Å²) in [6.07, 6.45) is 7.26. The molecule has 15 aromatic rings. The van der Waals surface area contributed by atoms with Gasteiger partial charge < -0.3 is 0 Å². The molecule has 512 valence electrons. The minimum Gasteiger partial charge on any atom is -0.232 e. The molecule has 5 aromatic heterocycles. The third-order valence-electron chi connectivity index (χ3n) is 18.6. The quantitative estimate of drug-likeness (QED) is 0.122. The van der Waals surface area contributed by atoms with Crippen LogP contribution in [0.4, 0.5) is 22.0 Å². The highest BCUT2D eigenvalue weighted by Gasteiger charge is 2.24. The molecule has 0 aliphatic carbocycles. The Labute approximate surface area is 593 Å². The molecule has 15 rings (SSSR count). The van der Waals surface area contributed by atoms with Gasteiger partial charge in [0.2, 0.25) is 0 Å². The molecule has 0 saturated heterocycles. The van der Waals surface area contributed by atoms with E-state index < -0.39 is 0 Å². The fraction of sp³-hybridized carbons (Fsp3) is 0.195. The second-order valence-electron chi connectivity index (χ2n) is 26.6. The summed E-state index contributed by atoms with van der Waals surface area (Å²) in [6.45, 7) is 22.2. The Balaban J connectivity index is 0.000000128. The summed E-state index contributed by atoms with van der Waals surface area (Å²) in [5, 5.41) is 5.44. The van der Waals surface area contributed by atoms with E-state index in [9.17, 15) is 22.0 Å². The monoisotopic (exact) mass is 1360 g/mol. The van der Waals surface area contributed by atoms with Gasteiger partial charge in [0.05, 0.1) is 62.2 Å². The summed E-state index contributed by atoms with van der Waals surface area (Å²) in [7, 11) is 9.86. The van der Waals surface area contributed by atoms with Crippen molar-refractivity contribution in [2.45, 2.75) is 82.1 Å². The van der Waals surface area contributed by atoms with E-state index in [1.165, 1.54) is 47.0 Å². The van der Waals surface area contributed by atoms with Crippen LogP contribution in [0, 0.1) is 91.4 Å². The molecular formula is C87H84F5N10+5. The first-order valence-electron chi connectivity index (χ1n) is 33.9. The molecule has 0 unspecified atom stereocenters. The highest BCUT2D eigenvalue weighted by molar-refractivity contribution is 5.96. The van der Waals surface area contributed by atoms with Crippen LogP contribution in [-0.4, -0.2) is 24.9 Å². The Kier molecular flexibility index (Phi) is 21.5. The zero-order valence-corrected chi connectivity index (χ0v) is 60.6. The lowest BCUT2D eigenvalue weighted by Crippen LogP contribution is -2.36. The number of halogens is 5. The molecular weight excluding hydrogens is 1280 g/mol.